The van der Waals surface area contributed by atoms with Gasteiger partial charge in [-0.25, -0.2) is 4.79 Å². The molecule has 0 saturated carbocycles. The number of benzene rings is 11. The minimum atomic E-state index is -0.147. The van der Waals surface area contributed by atoms with Crippen LogP contribution in [0.5, 0.6) is 0 Å². The largest absolute Gasteiger partial charge is 0.338 e. The van der Waals surface area contributed by atoms with E-state index in [1.807, 2.05) is 81.9 Å². The van der Waals surface area contributed by atoms with Crippen molar-refractivity contribution < 1.29 is 0 Å². The maximum atomic E-state index is 14.9. The Bertz CT molecular complexity index is 3380. The fourth-order valence-corrected chi connectivity index (χ4v) is 9.78. The summed E-state index contributed by atoms with van der Waals surface area (Å²) in [5, 5.41) is 0. The number of anilines is 6. The highest BCUT2D eigenvalue weighted by molar-refractivity contribution is 5.84. The molecule has 0 unspecified atom stereocenters. The van der Waals surface area contributed by atoms with Crippen LogP contribution in [0, 0.1) is 0 Å². The van der Waals surface area contributed by atoms with E-state index in [4.69, 9.17) is 0 Å². The van der Waals surface area contributed by atoms with Crippen LogP contribution in [0.15, 0.2) is 296 Å². The number of para-hydroxylation sites is 2. The van der Waals surface area contributed by atoms with Crippen LogP contribution in [-0.4, -0.2) is 9.13 Å². The molecule has 12 rings (SSSR count). The molecule has 0 aliphatic rings. The van der Waals surface area contributed by atoms with Crippen molar-refractivity contribution in [2.24, 2.45) is 0 Å². The van der Waals surface area contributed by atoms with E-state index in [0.29, 0.717) is 0 Å². The molecule has 0 radical (unpaired) electrons. The Balaban J connectivity index is 0.891. The van der Waals surface area contributed by atoms with Crippen molar-refractivity contribution in [3.8, 4) is 55.9 Å². The number of hydrogen-bond acceptors (Lipinski definition) is 3. The second-order valence-corrected chi connectivity index (χ2v) is 17.8. The molecular formula is C67H48N4O. The second kappa shape index (κ2) is 19.4. The van der Waals surface area contributed by atoms with Gasteiger partial charge in [-0.3, -0.25) is 9.13 Å². The molecule has 342 valence electrons. The molecular weight excluding hydrogens is 877 g/mol. The van der Waals surface area contributed by atoms with Gasteiger partial charge < -0.3 is 9.80 Å². The second-order valence-electron chi connectivity index (χ2n) is 17.8. The van der Waals surface area contributed by atoms with Crippen LogP contribution in [-0.2, 0) is 0 Å². The Kier molecular flexibility index (Phi) is 11.7. The predicted molar refractivity (Wildman–Crippen MR) is 300 cm³/mol. The van der Waals surface area contributed by atoms with Gasteiger partial charge in [0.2, 0.25) is 0 Å². The zero-order valence-electron chi connectivity index (χ0n) is 39.4. The van der Waals surface area contributed by atoms with Crippen LogP contribution in [0.3, 0.4) is 0 Å². The molecule has 0 N–H and O–H groups in total. The molecule has 0 aliphatic carbocycles. The lowest BCUT2D eigenvalue weighted by Crippen LogP contribution is -2.22. The van der Waals surface area contributed by atoms with E-state index in [1.54, 1.807) is 0 Å². The smallest absolute Gasteiger partial charge is 0.311 e. The van der Waals surface area contributed by atoms with Gasteiger partial charge in [0.25, 0.3) is 0 Å². The van der Waals surface area contributed by atoms with Crippen LogP contribution in [0.4, 0.5) is 34.1 Å². The third-order valence-corrected chi connectivity index (χ3v) is 13.4. The fraction of sp³-hybridized carbons (Fsp3) is 0. The fourth-order valence-electron chi connectivity index (χ4n) is 9.78. The van der Waals surface area contributed by atoms with Gasteiger partial charge in [-0.2, -0.15) is 0 Å². The van der Waals surface area contributed by atoms with Crippen LogP contribution < -0.4 is 15.5 Å². The zero-order valence-corrected chi connectivity index (χ0v) is 39.4. The van der Waals surface area contributed by atoms with Crippen LogP contribution in [0.1, 0.15) is 0 Å². The summed E-state index contributed by atoms with van der Waals surface area (Å²) in [4.78, 5) is 19.4. The monoisotopic (exact) mass is 924 g/mol. The van der Waals surface area contributed by atoms with E-state index in [1.165, 1.54) is 22.3 Å². The first-order valence-electron chi connectivity index (χ1n) is 24.3. The molecule has 5 heteroatoms. The molecule has 0 fully saturated rings. The van der Waals surface area contributed by atoms with Crippen molar-refractivity contribution in [1.29, 1.82) is 0 Å². The summed E-state index contributed by atoms with van der Waals surface area (Å²) in [5.74, 6) is 0. The van der Waals surface area contributed by atoms with Crippen molar-refractivity contribution in [3.05, 3.63) is 302 Å². The summed E-state index contributed by atoms with van der Waals surface area (Å²) in [6.45, 7) is 0. The molecule has 1 aromatic heterocycles. The molecule has 0 bridgehead atoms. The van der Waals surface area contributed by atoms with Crippen LogP contribution in [0.25, 0.3) is 66.9 Å². The molecule has 1 heterocycles. The third kappa shape index (κ3) is 8.57. The van der Waals surface area contributed by atoms with Gasteiger partial charge in [-0.15, -0.1) is 0 Å². The van der Waals surface area contributed by atoms with E-state index < -0.39 is 0 Å². The predicted octanol–water partition coefficient (Wildman–Crippen LogP) is 17.4. The highest BCUT2D eigenvalue weighted by Gasteiger charge is 2.20. The van der Waals surface area contributed by atoms with E-state index in [-0.39, 0.29) is 5.69 Å². The SMILES string of the molecule is O=c1n(-c2ccc(N(c3ccc(-c4ccccc4)cc3)c3ccc(-c4ccccc4)cc3)cc2)c2ccccc2n1-c1ccc(N(c2ccc(-c3ccccc3)cc2)c2ccc(-c3ccccc3)cc2)cc1. The summed E-state index contributed by atoms with van der Waals surface area (Å²) in [7, 11) is 0. The van der Waals surface area contributed by atoms with E-state index in [2.05, 4.69) is 228 Å². The summed E-state index contributed by atoms with van der Waals surface area (Å²) in [5.41, 5.74) is 18.4. The maximum absolute atomic E-state index is 14.9. The van der Waals surface area contributed by atoms with Gasteiger partial charge in [0.05, 0.1) is 22.4 Å². The average molecular weight is 925 g/mol. The lowest BCUT2D eigenvalue weighted by atomic mass is 10.0. The zero-order chi connectivity index (χ0) is 48.2. The highest BCUT2D eigenvalue weighted by Crippen LogP contribution is 2.39. The first-order chi connectivity index (χ1) is 35.6. The van der Waals surface area contributed by atoms with Crippen molar-refractivity contribution in [3.63, 3.8) is 0 Å². The summed E-state index contributed by atoms with van der Waals surface area (Å²) >= 11 is 0. The Hall–Kier alpha value is -9.71. The lowest BCUT2D eigenvalue weighted by molar-refractivity contribution is 0.930. The first kappa shape index (κ1) is 43.6. The molecule has 5 nitrogen and oxygen atoms in total. The lowest BCUT2D eigenvalue weighted by Gasteiger charge is -2.26. The van der Waals surface area contributed by atoms with E-state index >= 15 is 0 Å². The molecule has 12 aromatic rings. The maximum Gasteiger partial charge on any atom is 0.338 e. The number of imidazole rings is 1. The summed E-state index contributed by atoms with van der Waals surface area (Å²) in [6, 6.07) is 101. The van der Waals surface area contributed by atoms with Gasteiger partial charge in [0, 0.05) is 34.1 Å². The minimum absolute atomic E-state index is 0.147. The van der Waals surface area contributed by atoms with Crippen molar-refractivity contribution in [1.82, 2.24) is 9.13 Å². The molecule has 0 atom stereocenters. The first-order valence-corrected chi connectivity index (χ1v) is 24.3. The van der Waals surface area contributed by atoms with Crippen molar-refractivity contribution in [2.45, 2.75) is 0 Å². The van der Waals surface area contributed by atoms with E-state index in [0.717, 1.165) is 78.8 Å². The molecule has 0 spiro atoms. The molecule has 0 aliphatic heterocycles. The van der Waals surface area contributed by atoms with Crippen molar-refractivity contribution >= 4 is 45.2 Å². The third-order valence-electron chi connectivity index (χ3n) is 13.4. The van der Waals surface area contributed by atoms with Crippen LogP contribution >= 0.6 is 0 Å². The van der Waals surface area contributed by atoms with Crippen LogP contribution in [0.2, 0.25) is 0 Å². The van der Waals surface area contributed by atoms with Gasteiger partial charge in [-0.1, -0.05) is 182 Å². The topological polar surface area (TPSA) is 33.4 Å². The number of hydrogen-bond donors (Lipinski definition) is 0. The Morgan fingerprint density at radius 3 is 0.639 bits per heavy atom. The molecule has 0 amide bonds. The summed E-state index contributed by atoms with van der Waals surface area (Å²) in [6.07, 6.45) is 0. The van der Waals surface area contributed by atoms with E-state index in [9.17, 15) is 4.79 Å². The normalized spacial score (nSPS) is 11.1. The summed E-state index contributed by atoms with van der Waals surface area (Å²) < 4.78 is 3.63. The Labute approximate surface area is 419 Å². The Morgan fingerprint density at radius 2 is 0.403 bits per heavy atom. The minimum Gasteiger partial charge on any atom is -0.311 e. The molecule has 11 aromatic carbocycles. The van der Waals surface area contributed by atoms with Crippen molar-refractivity contribution in [2.75, 3.05) is 9.80 Å². The average Bonchev–Trinajstić information content (AvgIpc) is 3.76. The molecule has 72 heavy (non-hydrogen) atoms. The number of aromatic nitrogens is 2. The number of nitrogens with zero attached hydrogens (tertiary/aromatic N) is 4. The van der Waals surface area contributed by atoms with Gasteiger partial charge in [-0.05, 0) is 154 Å². The quantitative estimate of drug-likeness (QED) is 0.122. The molecule has 0 saturated heterocycles. The number of rotatable bonds is 12. The van der Waals surface area contributed by atoms with Gasteiger partial charge in [0.15, 0.2) is 0 Å². The highest BCUT2D eigenvalue weighted by atomic mass is 16.1. The van der Waals surface area contributed by atoms with Gasteiger partial charge in [0.1, 0.15) is 0 Å². The van der Waals surface area contributed by atoms with Gasteiger partial charge >= 0.3 is 5.69 Å². The standard InChI is InChI=1S/C67H48N4O/c72-67-70(63-45-41-61(42-46-63)68(57-33-25-53(26-34-57)49-15-5-1-6-16-49)58-35-27-54(28-36-58)50-17-7-2-8-18-50)65-23-13-14-24-66(65)71(67)64-47-43-62(44-48-64)69(59-37-29-55(30-38-59)51-19-9-3-10-20-51)60-39-31-56(32-40-60)52-21-11-4-12-22-52/h1-48H. The Morgan fingerprint density at radius 1 is 0.208 bits per heavy atom. The number of fused-ring (bicyclic) bond motifs is 1.